The maximum Gasteiger partial charge on any atom is 0.128 e. The van der Waals surface area contributed by atoms with Gasteiger partial charge in [0.05, 0.1) is 19.3 Å². The first-order valence-corrected chi connectivity index (χ1v) is 7.48. The van der Waals surface area contributed by atoms with Crippen LogP contribution < -0.4 is 5.32 Å². The molecule has 1 N–H and O–H groups in total. The van der Waals surface area contributed by atoms with E-state index in [0.29, 0.717) is 25.3 Å². The van der Waals surface area contributed by atoms with Gasteiger partial charge in [-0.15, -0.1) is 0 Å². The van der Waals surface area contributed by atoms with E-state index in [2.05, 4.69) is 24.1 Å². The number of nitrogens with zero attached hydrogens (tertiary/aromatic N) is 1. The molecule has 1 aliphatic rings. The molecular weight excluding hydrogens is 274 g/mol. The van der Waals surface area contributed by atoms with E-state index < -0.39 is 5.82 Å². The van der Waals surface area contributed by atoms with E-state index in [9.17, 15) is 8.78 Å². The molecule has 0 amide bonds. The molecule has 1 aromatic rings. The van der Waals surface area contributed by atoms with Gasteiger partial charge in [0.25, 0.3) is 0 Å². The van der Waals surface area contributed by atoms with Crippen LogP contribution in [-0.2, 0) is 4.74 Å². The molecule has 0 aromatic heterocycles. The molecule has 21 heavy (non-hydrogen) atoms. The number of benzene rings is 1. The summed E-state index contributed by atoms with van der Waals surface area (Å²) in [5.41, 5.74) is 0.0439. The number of morpholine rings is 1. The molecule has 1 atom stereocenters. The van der Waals surface area contributed by atoms with Gasteiger partial charge in [-0.05, 0) is 38.6 Å². The topological polar surface area (TPSA) is 24.5 Å². The van der Waals surface area contributed by atoms with Gasteiger partial charge in [-0.25, -0.2) is 8.78 Å². The number of rotatable bonds is 5. The van der Waals surface area contributed by atoms with E-state index >= 15 is 0 Å². The van der Waals surface area contributed by atoms with Crippen molar-refractivity contribution in [2.24, 2.45) is 0 Å². The Morgan fingerprint density at radius 2 is 1.95 bits per heavy atom. The third-order valence-corrected chi connectivity index (χ3v) is 4.21. The van der Waals surface area contributed by atoms with Crippen LogP contribution in [-0.4, -0.2) is 43.3 Å². The highest BCUT2D eigenvalue weighted by Gasteiger charge is 2.38. The lowest BCUT2D eigenvalue weighted by atomic mass is 9.86. The molecule has 0 aliphatic carbocycles. The molecule has 2 rings (SSSR count). The fourth-order valence-corrected chi connectivity index (χ4v) is 3.00. The summed E-state index contributed by atoms with van der Waals surface area (Å²) in [5.74, 6) is -0.782. The van der Waals surface area contributed by atoms with Gasteiger partial charge in [-0.2, -0.15) is 0 Å². The van der Waals surface area contributed by atoms with Gasteiger partial charge in [0.1, 0.15) is 11.6 Å². The highest BCUT2D eigenvalue weighted by atomic mass is 19.1. The lowest BCUT2D eigenvalue weighted by Crippen LogP contribution is -2.56. The Morgan fingerprint density at radius 1 is 1.29 bits per heavy atom. The van der Waals surface area contributed by atoms with Gasteiger partial charge in [0.2, 0.25) is 0 Å². The molecule has 118 valence electrons. The second-order valence-electron chi connectivity index (χ2n) is 5.91. The van der Waals surface area contributed by atoms with Crippen LogP contribution in [0.4, 0.5) is 8.78 Å². The van der Waals surface area contributed by atoms with Crippen molar-refractivity contribution in [2.45, 2.75) is 32.4 Å². The van der Waals surface area contributed by atoms with Crippen molar-refractivity contribution in [2.75, 3.05) is 32.8 Å². The summed E-state index contributed by atoms with van der Waals surface area (Å²) in [5, 5.41) is 3.32. The number of hydrogen-bond acceptors (Lipinski definition) is 3. The Morgan fingerprint density at radius 3 is 2.57 bits per heavy atom. The fourth-order valence-electron chi connectivity index (χ4n) is 3.00. The third-order valence-electron chi connectivity index (χ3n) is 4.21. The van der Waals surface area contributed by atoms with Gasteiger partial charge in [-0.1, -0.05) is 6.92 Å². The summed E-state index contributed by atoms with van der Waals surface area (Å²) < 4.78 is 33.1. The summed E-state index contributed by atoms with van der Waals surface area (Å²) in [6.07, 6.45) is 0. The molecule has 1 aliphatic heterocycles. The molecule has 0 spiro atoms. The van der Waals surface area contributed by atoms with E-state index in [-0.39, 0.29) is 17.4 Å². The number of nitrogens with one attached hydrogen (secondary N) is 1. The summed E-state index contributed by atoms with van der Waals surface area (Å²) in [4.78, 5) is 2.27. The summed E-state index contributed by atoms with van der Waals surface area (Å²) in [7, 11) is 0. The molecule has 5 heteroatoms. The zero-order chi connectivity index (χ0) is 15.5. The van der Waals surface area contributed by atoms with E-state index in [1.54, 1.807) is 0 Å². The minimum absolute atomic E-state index is 0.281. The number of hydrogen-bond donors (Lipinski definition) is 1. The summed E-state index contributed by atoms with van der Waals surface area (Å²) in [6, 6.07) is 3.37. The Hall–Kier alpha value is -1.04. The third kappa shape index (κ3) is 3.59. The second-order valence-corrected chi connectivity index (χ2v) is 5.91. The van der Waals surface area contributed by atoms with Crippen LogP contribution in [0.1, 0.15) is 32.4 Å². The first-order valence-electron chi connectivity index (χ1n) is 7.48. The molecule has 0 radical (unpaired) electrons. The maximum atomic E-state index is 14.2. The van der Waals surface area contributed by atoms with Crippen molar-refractivity contribution in [3.63, 3.8) is 0 Å². The van der Waals surface area contributed by atoms with Gasteiger partial charge in [-0.3, -0.25) is 4.90 Å². The first-order chi connectivity index (χ1) is 9.96. The maximum absolute atomic E-state index is 14.2. The van der Waals surface area contributed by atoms with Crippen LogP contribution >= 0.6 is 0 Å². The van der Waals surface area contributed by atoms with Crippen molar-refractivity contribution in [3.05, 3.63) is 35.4 Å². The number of likely N-dealkylation sites (N-methyl/N-ethyl adjacent to an activating group) is 1. The van der Waals surface area contributed by atoms with Crippen LogP contribution in [0.2, 0.25) is 0 Å². The molecular formula is C16H24F2N2O. The lowest BCUT2D eigenvalue weighted by molar-refractivity contribution is -0.0240. The SMILES string of the molecule is CCNC(c1cc(F)ccc1F)C(C)(C)N1CCOCC1. The minimum Gasteiger partial charge on any atom is -0.379 e. The van der Waals surface area contributed by atoms with Crippen molar-refractivity contribution in [1.29, 1.82) is 0 Å². The Labute approximate surface area is 125 Å². The summed E-state index contributed by atoms with van der Waals surface area (Å²) >= 11 is 0. The minimum atomic E-state index is -0.410. The van der Waals surface area contributed by atoms with Crippen LogP contribution in [0.3, 0.4) is 0 Å². The number of halogens is 2. The Balaban J connectivity index is 2.34. The van der Waals surface area contributed by atoms with E-state index in [1.165, 1.54) is 12.1 Å². The Bertz CT molecular complexity index is 473. The first kappa shape index (κ1) is 16.3. The monoisotopic (exact) mass is 298 g/mol. The normalized spacial score (nSPS) is 18.7. The predicted molar refractivity (Wildman–Crippen MR) is 79.2 cm³/mol. The van der Waals surface area contributed by atoms with Crippen LogP contribution in [0.15, 0.2) is 18.2 Å². The zero-order valence-corrected chi connectivity index (χ0v) is 13.0. The molecule has 1 saturated heterocycles. The summed E-state index contributed by atoms with van der Waals surface area (Å²) in [6.45, 7) is 9.74. The van der Waals surface area contributed by atoms with Gasteiger partial charge in [0.15, 0.2) is 0 Å². The average Bonchev–Trinajstić information content (AvgIpc) is 2.48. The van der Waals surface area contributed by atoms with Crippen LogP contribution in [0.5, 0.6) is 0 Å². The van der Waals surface area contributed by atoms with Gasteiger partial charge in [0, 0.05) is 24.2 Å². The van der Waals surface area contributed by atoms with Gasteiger partial charge >= 0.3 is 0 Å². The number of ether oxygens (including phenoxy) is 1. The molecule has 0 saturated carbocycles. The largest absolute Gasteiger partial charge is 0.379 e. The molecule has 1 aromatic carbocycles. The Kier molecular flexibility index (Phi) is 5.30. The fraction of sp³-hybridized carbons (Fsp3) is 0.625. The second kappa shape index (κ2) is 6.81. The van der Waals surface area contributed by atoms with E-state index in [0.717, 1.165) is 19.2 Å². The van der Waals surface area contributed by atoms with Gasteiger partial charge < -0.3 is 10.1 Å². The van der Waals surface area contributed by atoms with Crippen LogP contribution in [0.25, 0.3) is 0 Å². The van der Waals surface area contributed by atoms with Crippen molar-refractivity contribution < 1.29 is 13.5 Å². The van der Waals surface area contributed by atoms with Crippen molar-refractivity contribution >= 4 is 0 Å². The highest BCUT2D eigenvalue weighted by molar-refractivity contribution is 5.25. The standard InChI is InChI=1S/C16H24F2N2O/c1-4-19-15(13-11-12(17)5-6-14(13)18)16(2,3)20-7-9-21-10-8-20/h5-6,11,15,19H,4,7-10H2,1-3H3. The van der Waals surface area contributed by atoms with Crippen molar-refractivity contribution in [1.82, 2.24) is 10.2 Å². The lowest BCUT2D eigenvalue weighted by Gasteiger charge is -2.46. The average molecular weight is 298 g/mol. The zero-order valence-electron chi connectivity index (χ0n) is 13.0. The van der Waals surface area contributed by atoms with Crippen molar-refractivity contribution in [3.8, 4) is 0 Å². The smallest absolute Gasteiger partial charge is 0.128 e. The molecule has 3 nitrogen and oxygen atoms in total. The van der Waals surface area contributed by atoms with E-state index in [4.69, 9.17) is 4.74 Å². The predicted octanol–water partition coefficient (Wildman–Crippen LogP) is 2.73. The van der Waals surface area contributed by atoms with E-state index in [1.807, 2.05) is 6.92 Å². The molecule has 1 fully saturated rings. The quantitative estimate of drug-likeness (QED) is 0.904. The van der Waals surface area contributed by atoms with Crippen LogP contribution in [0, 0.1) is 11.6 Å². The highest BCUT2D eigenvalue weighted by Crippen LogP contribution is 2.33. The molecule has 1 heterocycles. The molecule has 0 bridgehead atoms. The molecule has 1 unspecified atom stereocenters.